The molecule has 128 valence electrons. The number of rotatable bonds is 7. The van der Waals surface area contributed by atoms with Crippen LogP contribution in [0.2, 0.25) is 5.02 Å². The second-order valence-corrected chi connectivity index (χ2v) is 6.86. The number of ether oxygens (including phenoxy) is 2. The SMILES string of the molecule is C=CCOc1cc(Cl)c(C=C2SC(=S)N(CC)C2=O)cc1OCC. The van der Waals surface area contributed by atoms with Gasteiger partial charge in [0, 0.05) is 12.6 Å². The Bertz CT molecular complexity index is 703. The van der Waals surface area contributed by atoms with E-state index in [1.165, 1.54) is 11.8 Å². The molecule has 0 spiro atoms. The highest BCUT2D eigenvalue weighted by Gasteiger charge is 2.30. The highest BCUT2D eigenvalue weighted by Crippen LogP contribution is 2.38. The van der Waals surface area contributed by atoms with Gasteiger partial charge in [0.2, 0.25) is 0 Å². The Kier molecular flexibility index (Phi) is 6.71. The summed E-state index contributed by atoms with van der Waals surface area (Å²) in [4.78, 5) is 14.4. The number of thioether (sulfide) groups is 1. The second-order valence-electron chi connectivity index (χ2n) is 4.78. The van der Waals surface area contributed by atoms with E-state index in [-0.39, 0.29) is 5.91 Å². The van der Waals surface area contributed by atoms with Crippen LogP contribution in [0.5, 0.6) is 11.5 Å². The third-order valence-corrected chi connectivity index (χ3v) is 4.90. The molecular formula is C17H18ClNO3S2. The molecule has 0 atom stereocenters. The van der Waals surface area contributed by atoms with Crippen molar-refractivity contribution in [2.45, 2.75) is 13.8 Å². The predicted molar refractivity (Wildman–Crippen MR) is 104 cm³/mol. The minimum atomic E-state index is -0.103. The number of hydrogen-bond donors (Lipinski definition) is 0. The Morgan fingerprint density at radius 2 is 2.04 bits per heavy atom. The summed E-state index contributed by atoms with van der Waals surface area (Å²) in [5.74, 6) is 1.01. The molecule has 2 rings (SSSR count). The van der Waals surface area contributed by atoms with Gasteiger partial charge in [0.05, 0.1) is 16.5 Å². The van der Waals surface area contributed by atoms with Crippen LogP contribution in [-0.4, -0.2) is 34.9 Å². The Morgan fingerprint density at radius 1 is 1.33 bits per heavy atom. The predicted octanol–water partition coefficient (Wildman–Crippen LogP) is 4.52. The molecule has 1 fully saturated rings. The minimum absolute atomic E-state index is 0.103. The molecule has 7 heteroatoms. The topological polar surface area (TPSA) is 38.8 Å². The number of halogens is 1. The highest BCUT2D eigenvalue weighted by atomic mass is 35.5. The largest absolute Gasteiger partial charge is 0.490 e. The van der Waals surface area contributed by atoms with Crippen molar-refractivity contribution in [2.75, 3.05) is 19.8 Å². The molecule has 1 heterocycles. The van der Waals surface area contributed by atoms with E-state index in [9.17, 15) is 4.79 Å². The fraction of sp³-hybridized carbons (Fsp3) is 0.294. The third-order valence-electron chi connectivity index (χ3n) is 3.20. The first-order chi connectivity index (χ1) is 11.5. The van der Waals surface area contributed by atoms with Crippen molar-refractivity contribution in [2.24, 2.45) is 0 Å². The summed E-state index contributed by atoms with van der Waals surface area (Å²) in [7, 11) is 0. The molecular weight excluding hydrogens is 366 g/mol. The van der Waals surface area contributed by atoms with Gasteiger partial charge in [-0.15, -0.1) is 0 Å². The zero-order chi connectivity index (χ0) is 17.7. The normalized spacial score (nSPS) is 16.0. The molecule has 0 aromatic heterocycles. The number of likely N-dealkylation sites (N-methyl/N-ethyl adjacent to an activating group) is 1. The lowest BCUT2D eigenvalue weighted by molar-refractivity contribution is -0.121. The van der Waals surface area contributed by atoms with Crippen LogP contribution in [0.4, 0.5) is 0 Å². The highest BCUT2D eigenvalue weighted by molar-refractivity contribution is 8.26. The van der Waals surface area contributed by atoms with Crippen LogP contribution in [-0.2, 0) is 4.79 Å². The van der Waals surface area contributed by atoms with E-state index in [4.69, 9.17) is 33.3 Å². The molecule has 0 radical (unpaired) electrons. The zero-order valence-corrected chi connectivity index (χ0v) is 15.9. The molecule has 1 aliphatic heterocycles. The molecule has 24 heavy (non-hydrogen) atoms. The number of benzene rings is 1. The summed E-state index contributed by atoms with van der Waals surface area (Å²) in [5.41, 5.74) is 0.683. The van der Waals surface area contributed by atoms with Crippen molar-refractivity contribution in [1.29, 1.82) is 0 Å². The van der Waals surface area contributed by atoms with Crippen LogP contribution >= 0.6 is 35.6 Å². The quantitative estimate of drug-likeness (QED) is 0.393. The lowest BCUT2D eigenvalue weighted by atomic mass is 10.1. The lowest BCUT2D eigenvalue weighted by Gasteiger charge is -2.13. The number of hydrogen-bond acceptors (Lipinski definition) is 5. The summed E-state index contributed by atoms with van der Waals surface area (Å²) in [6.45, 7) is 8.79. The Labute approximate surface area is 156 Å². The van der Waals surface area contributed by atoms with Gasteiger partial charge < -0.3 is 9.47 Å². The van der Waals surface area contributed by atoms with Crippen molar-refractivity contribution in [1.82, 2.24) is 4.90 Å². The van der Waals surface area contributed by atoms with Crippen molar-refractivity contribution < 1.29 is 14.3 Å². The Hall–Kier alpha value is -1.50. The third kappa shape index (κ3) is 4.12. The average molecular weight is 384 g/mol. The van der Waals surface area contributed by atoms with E-state index >= 15 is 0 Å². The zero-order valence-electron chi connectivity index (χ0n) is 13.5. The summed E-state index contributed by atoms with van der Waals surface area (Å²) in [6.07, 6.45) is 3.38. The minimum Gasteiger partial charge on any atom is -0.490 e. The van der Waals surface area contributed by atoms with Crippen molar-refractivity contribution in [3.63, 3.8) is 0 Å². The van der Waals surface area contributed by atoms with Gasteiger partial charge in [-0.1, -0.05) is 48.2 Å². The van der Waals surface area contributed by atoms with Crippen LogP contribution < -0.4 is 9.47 Å². The van der Waals surface area contributed by atoms with Crippen LogP contribution in [0.1, 0.15) is 19.4 Å². The molecule has 1 saturated heterocycles. The van der Waals surface area contributed by atoms with Crippen LogP contribution in [0.25, 0.3) is 6.08 Å². The average Bonchev–Trinajstić information content (AvgIpc) is 2.82. The van der Waals surface area contributed by atoms with Crippen molar-refractivity contribution in [3.05, 3.63) is 40.3 Å². The van der Waals surface area contributed by atoms with E-state index < -0.39 is 0 Å². The van der Waals surface area contributed by atoms with E-state index in [1.54, 1.807) is 29.2 Å². The Balaban J connectivity index is 2.38. The van der Waals surface area contributed by atoms with Gasteiger partial charge in [-0.05, 0) is 31.6 Å². The van der Waals surface area contributed by atoms with E-state index in [0.717, 1.165) is 0 Å². The van der Waals surface area contributed by atoms with Gasteiger partial charge in [-0.2, -0.15) is 0 Å². The summed E-state index contributed by atoms with van der Waals surface area (Å²) in [6, 6.07) is 3.45. The molecule has 0 unspecified atom stereocenters. The first-order valence-electron chi connectivity index (χ1n) is 7.47. The van der Waals surface area contributed by atoms with E-state index in [1.807, 2.05) is 13.8 Å². The molecule has 1 aliphatic rings. The molecule has 0 N–H and O–H groups in total. The smallest absolute Gasteiger partial charge is 0.266 e. The monoisotopic (exact) mass is 383 g/mol. The van der Waals surface area contributed by atoms with Gasteiger partial charge in [-0.3, -0.25) is 9.69 Å². The van der Waals surface area contributed by atoms with Gasteiger partial charge >= 0.3 is 0 Å². The van der Waals surface area contributed by atoms with Gasteiger partial charge in [0.15, 0.2) is 11.5 Å². The van der Waals surface area contributed by atoms with Crippen LogP contribution in [0.3, 0.4) is 0 Å². The van der Waals surface area contributed by atoms with Crippen molar-refractivity contribution in [3.8, 4) is 11.5 Å². The first-order valence-corrected chi connectivity index (χ1v) is 9.07. The molecule has 0 bridgehead atoms. The van der Waals surface area contributed by atoms with E-state index in [2.05, 4.69) is 6.58 Å². The number of amides is 1. The fourth-order valence-electron chi connectivity index (χ4n) is 2.11. The fourth-order valence-corrected chi connectivity index (χ4v) is 3.69. The van der Waals surface area contributed by atoms with Gasteiger partial charge in [0.25, 0.3) is 5.91 Å². The molecule has 1 amide bonds. The van der Waals surface area contributed by atoms with Gasteiger partial charge in [-0.25, -0.2) is 0 Å². The number of nitrogens with zero attached hydrogens (tertiary/aromatic N) is 1. The maximum absolute atomic E-state index is 12.3. The molecule has 4 nitrogen and oxygen atoms in total. The number of carbonyl (C=O) groups is 1. The summed E-state index contributed by atoms with van der Waals surface area (Å²) < 4.78 is 11.7. The standard InChI is InChI=1S/C17H18ClNO3S2/c1-4-7-22-14-10-12(18)11(8-13(14)21-6-3)9-15-16(20)19(5-2)17(23)24-15/h4,8-10H,1,5-7H2,2-3H3. The van der Waals surface area contributed by atoms with Gasteiger partial charge in [0.1, 0.15) is 10.9 Å². The van der Waals surface area contributed by atoms with Crippen LogP contribution in [0, 0.1) is 0 Å². The molecule has 0 aliphatic carbocycles. The molecule has 0 saturated carbocycles. The number of carbonyl (C=O) groups excluding carboxylic acids is 1. The number of thiocarbonyl (C=S) groups is 1. The lowest BCUT2D eigenvalue weighted by Crippen LogP contribution is -2.27. The van der Waals surface area contributed by atoms with Crippen molar-refractivity contribution >= 4 is 51.9 Å². The summed E-state index contributed by atoms with van der Waals surface area (Å²) >= 11 is 12.8. The molecule has 1 aromatic rings. The summed E-state index contributed by atoms with van der Waals surface area (Å²) in [5, 5.41) is 0.472. The second kappa shape index (κ2) is 8.55. The first kappa shape index (κ1) is 18.8. The molecule has 1 aromatic carbocycles. The maximum atomic E-state index is 12.3. The Morgan fingerprint density at radius 3 is 2.62 bits per heavy atom. The van der Waals surface area contributed by atoms with Crippen LogP contribution in [0.15, 0.2) is 29.7 Å². The van der Waals surface area contributed by atoms with E-state index in [0.29, 0.717) is 51.1 Å². The maximum Gasteiger partial charge on any atom is 0.266 e.